The lowest BCUT2D eigenvalue weighted by molar-refractivity contribution is -0.00276. The highest BCUT2D eigenvalue weighted by Gasteiger charge is 2.49. The van der Waals surface area contributed by atoms with Gasteiger partial charge in [0, 0.05) is 25.3 Å². The Bertz CT molecular complexity index is 741. The molecule has 0 bridgehead atoms. The Labute approximate surface area is 136 Å². The van der Waals surface area contributed by atoms with E-state index in [0.29, 0.717) is 12.1 Å². The second-order valence-corrected chi connectivity index (χ2v) is 7.19. The van der Waals surface area contributed by atoms with E-state index >= 15 is 0 Å². The zero-order chi connectivity index (χ0) is 16.0. The molecule has 23 heavy (non-hydrogen) atoms. The second-order valence-electron chi connectivity index (χ2n) is 7.19. The lowest BCUT2D eigenvalue weighted by Gasteiger charge is -2.42. The van der Waals surface area contributed by atoms with Gasteiger partial charge in [0.25, 0.3) is 5.91 Å². The highest BCUT2D eigenvalue weighted by molar-refractivity contribution is 5.97. The maximum atomic E-state index is 13.0. The van der Waals surface area contributed by atoms with Gasteiger partial charge in [0.05, 0.1) is 23.5 Å². The third-order valence-electron chi connectivity index (χ3n) is 5.82. The lowest BCUT2D eigenvalue weighted by atomic mass is 9.71. The Balaban J connectivity index is 1.59. The molecule has 1 saturated heterocycles. The minimum Gasteiger partial charge on any atom is -0.381 e. The number of nitrogens with one attached hydrogen (secondary N) is 1. The SMILES string of the molecule is CO[C@@H]1CC[C@H]2N(C(=O)c3ccc4nc[nH]c4c3)CC[C@@]2(C)C1. The van der Waals surface area contributed by atoms with Gasteiger partial charge in [-0.15, -0.1) is 0 Å². The van der Waals surface area contributed by atoms with Gasteiger partial charge in [-0.3, -0.25) is 4.79 Å². The average Bonchev–Trinajstić information content (AvgIpc) is 3.16. The highest BCUT2D eigenvalue weighted by atomic mass is 16.5. The normalized spacial score (nSPS) is 30.6. The minimum atomic E-state index is 0.145. The number of H-pyrrole nitrogens is 1. The summed E-state index contributed by atoms with van der Waals surface area (Å²) in [6, 6.07) is 6.05. The van der Waals surface area contributed by atoms with E-state index in [1.165, 1.54) is 0 Å². The van der Waals surface area contributed by atoms with Crippen molar-refractivity contribution in [3.8, 4) is 0 Å². The maximum absolute atomic E-state index is 13.0. The van der Waals surface area contributed by atoms with Gasteiger partial charge < -0.3 is 14.6 Å². The first-order valence-electron chi connectivity index (χ1n) is 8.38. The molecule has 3 atom stereocenters. The van der Waals surface area contributed by atoms with E-state index in [0.717, 1.165) is 48.8 Å². The number of nitrogens with zero attached hydrogens (tertiary/aromatic N) is 2. The number of hydrogen-bond donors (Lipinski definition) is 1. The number of amides is 1. The van der Waals surface area contributed by atoms with E-state index in [1.54, 1.807) is 13.4 Å². The summed E-state index contributed by atoms with van der Waals surface area (Å²) in [7, 11) is 1.80. The molecule has 1 aromatic heterocycles. The quantitative estimate of drug-likeness (QED) is 0.927. The van der Waals surface area contributed by atoms with Gasteiger partial charge in [0.1, 0.15) is 0 Å². The van der Waals surface area contributed by atoms with Crippen molar-refractivity contribution in [2.45, 2.75) is 44.8 Å². The summed E-state index contributed by atoms with van der Waals surface area (Å²) < 4.78 is 5.57. The second kappa shape index (κ2) is 5.34. The molecule has 1 N–H and O–H groups in total. The molecule has 2 aromatic rings. The number of aromatic amines is 1. The van der Waals surface area contributed by atoms with Crippen molar-refractivity contribution in [2.75, 3.05) is 13.7 Å². The van der Waals surface area contributed by atoms with Crippen LogP contribution in [0.4, 0.5) is 0 Å². The van der Waals surface area contributed by atoms with Crippen LogP contribution in [0.5, 0.6) is 0 Å². The number of likely N-dealkylation sites (tertiary alicyclic amines) is 1. The summed E-state index contributed by atoms with van der Waals surface area (Å²) in [6.07, 6.45) is 6.20. The predicted octanol–water partition coefficient (Wildman–Crippen LogP) is 2.98. The molecule has 1 aliphatic carbocycles. The number of aromatic nitrogens is 2. The molecule has 2 heterocycles. The van der Waals surface area contributed by atoms with Gasteiger partial charge in [-0.1, -0.05) is 6.92 Å². The third-order valence-corrected chi connectivity index (χ3v) is 5.82. The van der Waals surface area contributed by atoms with Crippen molar-refractivity contribution in [3.05, 3.63) is 30.1 Å². The smallest absolute Gasteiger partial charge is 0.254 e. The maximum Gasteiger partial charge on any atom is 0.254 e. The zero-order valence-corrected chi connectivity index (χ0v) is 13.7. The fourth-order valence-electron chi connectivity index (χ4n) is 4.46. The van der Waals surface area contributed by atoms with E-state index in [1.807, 2.05) is 18.2 Å². The van der Waals surface area contributed by atoms with Crippen LogP contribution in [0.25, 0.3) is 11.0 Å². The molecule has 1 amide bonds. The van der Waals surface area contributed by atoms with Crippen molar-refractivity contribution in [1.82, 2.24) is 14.9 Å². The van der Waals surface area contributed by atoms with Crippen LogP contribution in [0, 0.1) is 5.41 Å². The summed E-state index contributed by atoms with van der Waals surface area (Å²) in [5.41, 5.74) is 2.75. The standard InChI is InChI=1S/C18H23N3O2/c1-18-7-8-21(16(18)6-4-13(10-18)23-2)17(22)12-3-5-14-15(9-12)20-11-19-14/h3,5,9,11,13,16H,4,6-8,10H2,1-2H3,(H,19,20)/t13-,16-,18+/m1/s1. The first-order valence-corrected chi connectivity index (χ1v) is 8.38. The van der Waals surface area contributed by atoms with Crippen LogP contribution in [0.1, 0.15) is 43.0 Å². The molecular formula is C18H23N3O2. The number of ether oxygens (including phenoxy) is 1. The van der Waals surface area contributed by atoms with Crippen molar-refractivity contribution in [3.63, 3.8) is 0 Å². The number of hydrogen-bond acceptors (Lipinski definition) is 3. The lowest BCUT2D eigenvalue weighted by Crippen LogP contribution is -2.46. The number of benzene rings is 1. The molecule has 5 nitrogen and oxygen atoms in total. The van der Waals surface area contributed by atoms with Gasteiger partial charge in [-0.25, -0.2) is 4.98 Å². The molecule has 1 aromatic carbocycles. The van der Waals surface area contributed by atoms with Crippen LogP contribution >= 0.6 is 0 Å². The van der Waals surface area contributed by atoms with Crippen LogP contribution in [-0.2, 0) is 4.74 Å². The predicted molar refractivity (Wildman–Crippen MR) is 88.3 cm³/mol. The Morgan fingerprint density at radius 2 is 2.30 bits per heavy atom. The van der Waals surface area contributed by atoms with Crippen LogP contribution < -0.4 is 0 Å². The van der Waals surface area contributed by atoms with Crippen molar-refractivity contribution < 1.29 is 9.53 Å². The fraction of sp³-hybridized carbons (Fsp3) is 0.556. The number of carbonyl (C=O) groups is 1. The number of rotatable bonds is 2. The van der Waals surface area contributed by atoms with E-state index < -0.39 is 0 Å². The molecule has 0 unspecified atom stereocenters. The Kier molecular flexibility index (Phi) is 3.41. The zero-order valence-electron chi connectivity index (χ0n) is 13.7. The number of methoxy groups -OCH3 is 1. The summed E-state index contributed by atoms with van der Waals surface area (Å²) in [6.45, 7) is 3.16. The van der Waals surface area contributed by atoms with Crippen LogP contribution in [0.2, 0.25) is 0 Å². The molecule has 0 spiro atoms. The monoisotopic (exact) mass is 313 g/mol. The summed E-state index contributed by atoms with van der Waals surface area (Å²) in [4.78, 5) is 22.4. The van der Waals surface area contributed by atoms with Crippen LogP contribution in [0.15, 0.2) is 24.5 Å². The molecule has 1 saturated carbocycles. The molecule has 5 heteroatoms. The highest BCUT2D eigenvalue weighted by Crippen LogP contribution is 2.47. The molecular weight excluding hydrogens is 290 g/mol. The Morgan fingerprint density at radius 1 is 1.43 bits per heavy atom. The van der Waals surface area contributed by atoms with Gasteiger partial charge in [0.15, 0.2) is 0 Å². The Hall–Kier alpha value is -1.88. The summed E-state index contributed by atoms with van der Waals surface area (Å²) in [5, 5.41) is 0. The van der Waals surface area contributed by atoms with E-state index in [-0.39, 0.29) is 11.3 Å². The summed E-state index contributed by atoms with van der Waals surface area (Å²) in [5.74, 6) is 0.145. The molecule has 4 rings (SSSR count). The first kappa shape index (κ1) is 14.7. The van der Waals surface area contributed by atoms with E-state index in [4.69, 9.17) is 4.74 Å². The van der Waals surface area contributed by atoms with Crippen molar-refractivity contribution in [1.29, 1.82) is 0 Å². The third kappa shape index (κ3) is 2.34. The number of carbonyl (C=O) groups excluding carboxylic acids is 1. The van der Waals surface area contributed by atoms with Crippen LogP contribution in [0.3, 0.4) is 0 Å². The molecule has 1 aliphatic heterocycles. The topological polar surface area (TPSA) is 58.2 Å². The number of imidazole rings is 1. The molecule has 122 valence electrons. The average molecular weight is 313 g/mol. The molecule has 2 fully saturated rings. The van der Waals surface area contributed by atoms with Crippen LogP contribution in [-0.4, -0.2) is 46.6 Å². The minimum absolute atomic E-state index is 0.145. The first-order chi connectivity index (χ1) is 11.1. The largest absolute Gasteiger partial charge is 0.381 e. The van der Waals surface area contributed by atoms with Gasteiger partial charge >= 0.3 is 0 Å². The number of fused-ring (bicyclic) bond motifs is 2. The Morgan fingerprint density at radius 3 is 3.13 bits per heavy atom. The molecule has 2 aliphatic rings. The van der Waals surface area contributed by atoms with Crippen molar-refractivity contribution >= 4 is 16.9 Å². The molecule has 0 radical (unpaired) electrons. The van der Waals surface area contributed by atoms with E-state index in [9.17, 15) is 4.79 Å². The van der Waals surface area contributed by atoms with Gasteiger partial charge in [-0.05, 0) is 49.3 Å². The van der Waals surface area contributed by atoms with Crippen molar-refractivity contribution in [2.24, 2.45) is 5.41 Å². The summed E-state index contributed by atoms with van der Waals surface area (Å²) >= 11 is 0. The van der Waals surface area contributed by atoms with E-state index in [2.05, 4.69) is 21.8 Å². The van der Waals surface area contributed by atoms with Gasteiger partial charge in [-0.2, -0.15) is 0 Å². The fourth-order valence-corrected chi connectivity index (χ4v) is 4.46. The van der Waals surface area contributed by atoms with Gasteiger partial charge in [0.2, 0.25) is 0 Å².